The van der Waals surface area contributed by atoms with Gasteiger partial charge in [-0.1, -0.05) is 17.7 Å². The molecule has 0 fully saturated rings. The van der Waals surface area contributed by atoms with Gasteiger partial charge in [0.25, 0.3) is 17.7 Å². The molecule has 1 heterocycles. The smallest absolute Gasteiger partial charge is 0.338 e. The molecule has 0 aromatic heterocycles. The molecule has 3 aromatic carbocycles. The van der Waals surface area contributed by atoms with Gasteiger partial charge < -0.3 is 20.1 Å². The van der Waals surface area contributed by atoms with Crippen molar-refractivity contribution in [1.82, 2.24) is 0 Å². The number of halogens is 1. The highest BCUT2D eigenvalue weighted by atomic mass is 35.5. The van der Waals surface area contributed by atoms with Gasteiger partial charge in [0.2, 0.25) is 0 Å². The highest BCUT2D eigenvalue weighted by molar-refractivity contribution is 6.53. The Bertz CT molecular complexity index is 1550. The summed E-state index contributed by atoms with van der Waals surface area (Å²) in [6.45, 7) is 5.42. The second-order valence-corrected chi connectivity index (χ2v) is 9.47. The molecule has 41 heavy (non-hydrogen) atoms. The highest BCUT2D eigenvalue weighted by Crippen LogP contribution is 2.30. The van der Waals surface area contributed by atoms with Gasteiger partial charge in [-0.05, 0) is 87.5 Å². The van der Waals surface area contributed by atoms with Crippen LogP contribution in [-0.2, 0) is 19.1 Å². The summed E-state index contributed by atoms with van der Waals surface area (Å²) in [4.78, 5) is 63.7. The van der Waals surface area contributed by atoms with E-state index in [-0.39, 0.29) is 40.3 Å². The van der Waals surface area contributed by atoms with Crippen molar-refractivity contribution in [2.75, 3.05) is 22.1 Å². The van der Waals surface area contributed by atoms with Crippen molar-refractivity contribution in [1.29, 1.82) is 0 Å². The van der Waals surface area contributed by atoms with E-state index >= 15 is 0 Å². The lowest BCUT2D eigenvalue weighted by molar-refractivity contribution is -0.120. The molecule has 0 saturated carbocycles. The largest absolute Gasteiger partial charge is 0.462 e. The summed E-state index contributed by atoms with van der Waals surface area (Å²) in [7, 11) is 0. The Morgan fingerprint density at radius 2 is 1.46 bits per heavy atom. The van der Waals surface area contributed by atoms with Crippen LogP contribution in [0.4, 0.5) is 17.1 Å². The number of rotatable bonds is 9. The van der Waals surface area contributed by atoms with E-state index in [1.165, 1.54) is 30.3 Å². The SMILES string of the molecule is CCOC(=O)c1ccc(NC(=O)c2cccc(NC3=C(Cl)C(=O)N(c4ccc(C(=O)OC(C)C)cc4)C3=O)c2)cc1. The van der Waals surface area contributed by atoms with Gasteiger partial charge >= 0.3 is 11.9 Å². The Morgan fingerprint density at radius 3 is 2.10 bits per heavy atom. The first-order valence-electron chi connectivity index (χ1n) is 12.6. The lowest BCUT2D eigenvalue weighted by Gasteiger charge is -2.16. The molecule has 4 rings (SSSR count). The van der Waals surface area contributed by atoms with Gasteiger partial charge in [0.1, 0.15) is 10.7 Å². The maximum atomic E-state index is 13.2. The van der Waals surface area contributed by atoms with E-state index in [0.717, 1.165) is 4.90 Å². The summed E-state index contributed by atoms with van der Waals surface area (Å²) in [5.41, 5.74) is 1.75. The fraction of sp³-hybridized carbons (Fsp3) is 0.167. The first kappa shape index (κ1) is 29.0. The molecule has 210 valence electrons. The zero-order valence-corrected chi connectivity index (χ0v) is 23.2. The van der Waals surface area contributed by atoms with Crippen LogP contribution >= 0.6 is 11.6 Å². The summed E-state index contributed by atoms with van der Waals surface area (Å²) >= 11 is 6.24. The molecule has 0 bridgehead atoms. The van der Waals surface area contributed by atoms with Crippen LogP contribution in [0, 0.1) is 0 Å². The molecule has 0 saturated heterocycles. The molecule has 0 aliphatic carbocycles. The molecule has 3 aromatic rings. The number of benzene rings is 3. The van der Waals surface area contributed by atoms with Crippen molar-refractivity contribution >= 4 is 58.3 Å². The van der Waals surface area contributed by atoms with Crippen LogP contribution in [0.25, 0.3) is 0 Å². The number of ether oxygens (including phenoxy) is 2. The second-order valence-electron chi connectivity index (χ2n) is 9.09. The molecule has 2 N–H and O–H groups in total. The van der Waals surface area contributed by atoms with Crippen molar-refractivity contribution in [3.05, 3.63) is 100 Å². The van der Waals surface area contributed by atoms with E-state index in [0.29, 0.717) is 16.9 Å². The second kappa shape index (κ2) is 12.5. The molecule has 1 aliphatic heterocycles. The Labute approximate surface area is 240 Å². The standard InChI is InChI=1S/C30H26ClN3O7/c1-4-40-29(38)18-8-12-21(13-9-18)33-26(35)20-6-5-7-22(16-20)32-25-24(31)27(36)34(28(25)37)23-14-10-19(11-15-23)30(39)41-17(2)3/h5-17,32H,4H2,1-3H3,(H,33,35). The highest BCUT2D eigenvalue weighted by Gasteiger charge is 2.39. The molecule has 11 heteroatoms. The predicted octanol–water partition coefficient (Wildman–Crippen LogP) is 5.12. The van der Waals surface area contributed by atoms with Crippen LogP contribution in [0.3, 0.4) is 0 Å². The Kier molecular flexibility index (Phi) is 8.84. The maximum Gasteiger partial charge on any atom is 0.338 e. The fourth-order valence-electron chi connectivity index (χ4n) is 3.86. The van der Waals surface area contributed by atoms with Crippen molar-refractivity contribution in [3.8, 4) is 0 Å². The molecule has 0 spiro atoms. The quantitative estimate of drug-likeness (QED) is 0.266. The monoisotopic (exact) mass is 575 g/mol. The Morgan fingerprint density at radius 1 is 0.829 bits per heavy atom. The number of imide groups is 1. The van der Waals surface area contributed by atoms with E-state index < -0.39 is 29.7 Å². The van der Waals surface area contributed by atoms with E-state index in [1.807, 2.05) is 0 Å². The van der Waals surface area contributed by atoms with Crippen molar-refractivity contribution in [3.63, 3.8) is 0 Å². The molecular weight excluding hydrogens is 550 g/mol. The normalized spacial score (nSPS) is 13.0. The van der Waals surface area contributed by atoms with E-state index in [9.17, 15) is 24.0 Å². The van der Waals surface area contributed by atoms with Gasteiger partial charge in [-0.15, -0.1) is 0 Å². The van der Waals surface area contributed by atoms with Gasteiger partial charge in [-0.2, -0.15) is 0 Å². The van der Waals surface area contributed by atoms with Crippen LogP contribution in [0.5, 0.6) is 0 Å². The summed E-state index contributed by atoms with van der Waals surface area (Å²) in [5.74, 6) is -2.87. The Balaban J connectivity index is 1.45. The number of esters is 2. The van der Waals surface area contributed by atoms with Gasteiger partial charge in [-0.25, -0.2) is 14.5 Å². The molecule has 0 radical (unpaired) electrons. The third-order valence-electron chi connectivity index (χ3n) is 5.78. The number of anilines is 3. The molecule has 0 unspecified atom stereocenters. The number of nitrogens with zero attached hydrogens (tertiary/aromatic N) is 1. The number of hydrogen-bond acceptors (Lipinski definition) is 8. The average Bonchev–Trinajstić information content (AvgIpc) is 3.16. The van der Waals surface area contributed by atoms with Crippen molar-refractivity contribution < 1.29 is 33.4 Å². The third-order valence-corrected chi connectivity index (χ3v) is 6.13. The zero-order chi connectivity index (χ0) is 29.7. The van der Waals surface area contributed by atoms with Crippen LogP contribution in [0.15, 0.2) is 83.5 Å². The van der Waals surface area contributed by atoms with Crippen LogP contribution in [0.2, 0.25) is 0 Å². The lowest BCUT2D eigenvalue weighted by Crippen LogP contribution is -2.32. The maximum absolute atomic E-state index is 13.2. The van der Waals surface area contributed by atoms with Gasteiger partial charge in [0, 0.05) is 16.9 Å². The lowest BCUT2D eigenvalue weighted by atomic mass is 10.1. The minimum absolute atomic E-state index is 0.160. The van der Waals surface area contributed by atoms with Gasteiger partial charge in [0.05, 0.1) is 29.5 Å². The molecule has 1 aliphatic rings. The Hall–Kier alpha value is -4.96. The number of carbonyl (C=O) groups excluding carboxylic acids is 5. The van der Waals surface area contributed by atoms with Crippen LogP contribution < -0.4 is 15.5 Å². The first-order valence-corrected chi connectivity index (χ1v) is 13.0. The fourth-order valence-corrected chi connectivity index (χ4v) is 4.08. The minimum atomic E-state index is -0.739. The van der Waals surface area contributed by atoms with Crippen molar-refractivity contribution in [2.24, 2.45) is 0 Å². The average molecular weight is 576 g/mol. The van der Waals surface area contributed by atoms with Crippen molar-refractivity contribution in [2.45, 2.75) is 26.9 Å². The molecule has 10 nitrogen and oxygen atoms in total. The summed E-state index contributed by atoms with van der Waals surface area (Å²) in [5, 5.41) is 5.25. The topological polar surface area (TPSA) is 131 Å². The first-order chi connectivity index (χ1) is 19.6. The summed E-state index contributed by atoms with van der Waals surface area (Å²) in [6.07, 6.45) is -0.297. The summed E-state index contributed by atoms with van der Waals surface area (Å²) in [6, 6.07) is 18.3. The zero-order valence-electron chi connectivity index (χ0n) is 22.4. The van der Waals surface area contributed by atoms with Gasteiger partial charge in [-0.3, -0.25) is 14.4 Å². The molecule has 3 amide bonds. The van der Waals surface area contributed by atoms with Crippen LogP contribution in [-0.4, -0.2) is 42.4 Å². The van der Waals surface area contributed by atoms with Gasteiger partial charge in [0.15, 0.2) is 0 Å². The number of hydrogen-bond donors (Lipinski definition) is 2. The van der Waals surface area contributed by atoms with E-state index in [1.54, 1.807) is 63.2 Å². The number of amides is 3. The summed E-state index contributed by atoms with van der Waals surface area (Å²) < 4.78 is 10.1. The predicted molar refractivity (Wildman–Crippen MR) is 153 cm³/mol. The minimum Gasteiger partial charge on any atom is -0.462 e. The van der Waals surface area contributed by atoms with Crippen LogP contribution in [0.1, 0.15) is 51.8 Å². The molecular formula is C30H26ClN3O7. The van der Waals surface area contributed by atoms with E-state index in [2.05, 4.69) is 10.6 Å². The molecule has 0 atom stereocenters. The number of carbonyl (C=O) groups is 5. The number of nitrogens with one attached hydrogen (secondary N) is 2. The van der Waals surface area contributed by atoms with E-state index in [4.69, 9.17) is 21.1 Å². The third kappa shape index (κ3) is 6.62.